The Hall–Kier alpha value is -1.96. The van der Waals surface area contributed by atoms with E-state index in [0.29, 0.717) is 17.9 Å². The Balaban J connectivity index is 1.86. The molecular formula is C18H18ClFN2O3S. The Labute approximate surface area is 156 Å². The second-order valence-electron chi connectivity index (χ2n) is 6.28. The van der Waals surface area contributed by atoms with Crippen LogP contribution in [0.2, 0.25) is 5.02 Å². The van der Waals surface area contributed by atoms with Gasteiger partial charge in [0, 0.05) is 17.1 Å². The van der Waals surface area contributed by atoms with E-state index in [-0.39, 0.29) is 16.8 Å². The Morgan fingerprint density at radius 3 is 2.31 bits per heavy atom. The third-order valence-electron chi connectivity index (χ3n) is 4.58. The van der Waals surface area contributed by atoms with Gasteiger partial charge in [-0.25, -0.2) is 12.8 Å². The number of halogens is 2. The average Bonchev–Trinajstić information content (AvgIpc) is 3.04. The molecule has 5 nitrogen and oxygen atoms in total. The highest BCUT2D eigenvalue weighted by Gasteiger charge is 2.42. The van der Waals surface area contributed by atoms with E-state index in [1.165, 1.54) is 36.4 Å². The molecule has 1 amide bonds. The summed E-state index contributed by atoms with van der Waals surface area (Å²) in [7, 11) is -3.97. The van der Waals surface area contributed by atoms with E-state index in [9.17, 15) is 17.6 Å². The lowest BCUT2D eigenvalue weighted by Gasteiger charge is -2.22. The molecule has 3 rings (SSSR count). The summed E-state index contributed by atoms with van der Waals surface area (Å²) in [4.78, 5) is 12.0. The van der Waals surface area contributed by atoms with Gasteiger partial charge >= 0.3 is 0 Å². The molecule has 1 heterocycles. The van der Waals surface area contributed by atoms with Gasteiger partial charge in [-0.05, 0) is 54.8 Å². The Kier molecular flexibility index (Phi) is 5.32. The molecule has 26 heavy (non-hydrogen) atoms. The summed E-state index contributed by atoms with van der Waals surface area (Å²) in [5, 5.41) is 2.17. The number of hydrogen-bond acceptors (Lipinski definition) is 4. The van der Waals surface area contributed by atoms with E-state index >= 15 is 0 Å². The molecular weight excluding hydrogens is 379 g/mol. The molecule has 0 bridgehead atoms. The molecule has 1 saturated heterocycles. The van der Waals surface area contributed by atoms with E-state index in [0.717, 1.165) is 5.56 Å². The van der Waals surface area contributed by atoms with Gasteiger partial charge in [0.1, 0.15) is 5.82 Å². The molecule has 8 heteroatoms. The first-order chi connectivity index (χ1) is 12.3. The van der Waals surface area contributed by atoms with E-state index in [1.54, 1.807) is 12.1 Å². The van der Waals surface area contributed by atoms with Crippen molar-refractivity contribution in [1.82, 2.24) is 5.32 Å². The Morgan fingerprint density at radius 2 is 1.73 bits per heavy atom. The van der Waals surface area contributed by atoms with Crippen molar-refractivity contribution < 1.29 is 17.6 Å². The molecule has 1 aliphatic rings. The zero-order valence-electron chi connectivity index (χ0n) is 13.7. The molecule has 3 atom stereocenters. The largest absolute Gasteiger partial charge is 0.368 e. The third-order valence-corrected chi connectivity index (χ3v) is 6.99. The highest BCUT2D eigenvalue weighted by atomic mass is 35.5. The number of carbonyl (C=O) groups excluding carboxylic acids is 1. The number of nitrogens with two attached hydrogens (primary N) is 1. The second kappa shape index (κ2) is 7.34. The van der Waals surface area contributed by atoms with Crippen LogP contribution in [0, 0.1) is 5.82 Å². The molecule has 0 saturated carbocycles. The Morgan fingerprint density at radius 1 is 1.12 bits per heavy atom. The van der Waals surface area contributed by atoms with Gasteiger partial charge < -0.3 is 11.1 Å². The number of amides is 1. The Bertz CT molecular complexity index is 901. The number of benzene rings is 2. The van der Waals surface area contributed by atoms with Crippen LogP contribution in [-0.4, -0.2) is 25.6 Å². The molecule has 2 aromatic rings. The van der Waals surface area contributed by atoms with Crippen molar-refractivity contribution in [2.45, 2.75) is 35.1 Å². The SMILES string of the molecule is NC(=O)C(C1CCC(c2ccc(F)cc2)N1)S(=O)(=O)c1ccc(Cl)cc1. The van der Waals surface area contributed by atoms with Crippen LogP contribution in [-0.2, 0) is 14.6 Å². The van der Waals surface area contributed by atoms with Gasteiger partial charge in [0.2, 0.25) is 5.91 Å². The molecule has 0 aliphatic carbocycles. The van der Waals surface area contributed by atoms with Crippen LogP contribution < -0.4 is 11.1 Å². The zero-order chi connectivity index (χ0) is 18.9. The molecule has 3 unspecified atom stereocenters. The summed E-state index contributed by atoms with van der Waals surface area (Å²) in [6.07, 6.45) is 1.08. The van der Waals surface area contributed by atoms with Gasteiger partial charge in [-0.1, -0.05) is 23.7 Å². The molecule has 1 aliphatic heterocycles. The van der Waals surface area contributed by atoms with Gasteiger partial charge in [-0.3, -0.25) is 4.79 Å². The van der Waals surface area contributed by atoms with Gasteiger partial charge in [-0.15, -0.1) is 0 Å². The van der Waals surface area contributed by atoms with Crippen LogP contribution in [0.4, 0.5) is 4.39 Å². The summed E-state index contributed by atoms with van der Waals surface area (Å²) in [6.45, 7) is 0. The van der Waals surface area contributed by atoms with Crippen LogP contribution in [0.1, 0.15) is 24.4 Å². The molecule has 3 N–H and O–H groups in total. The molecule has 2 aromatic carbocycles. The monoisotopic (exact) mass is 396 g/mol. The summed E-state index contributed by atoms with van der Waals surface area (Å²) in [5.74, 6) is -1.25. The quantitative estimate of drug-likeness (QED) is 0.812. The number of rotatable bonds is 5. The van der Waals surface area contributed by atoms with Crippen LogP contribution in [0.15, 0.2) is 53.4 Å². The number of hydrogen-bond donors (Lipinski definition) is 2. The number of nitrogens with one attached hydrogen (secondary N) is 1. The predicted molar refractivity (Wildman–Crippen MR) is 96.9 cm³/mol. The molecule has 1 fully saturated rings. The van der Waals surface area contributed by atoms with E-state index < -0.39 is 27.0 Å². The van der Waals surface area contributed by atoms with Crippen molar-refractivity contribution in [3.63, 3.8) is 0 Å². The van der Waals surface area contributed by atoms with Gasteiger partial charge in [-0.2, -0.15) is 0 Å². The van der Waals surface area contributed by atoms with Gasteiger partial charge in [0.05, 0.1) is 4.90 Å². The minimum atomic E-state index is -3.97. The van der Waals surface area contributed by atoms with E-state index in [1.807, 2.05) is 0 Å². The highest BCUT2D eigenvalue weighted by Crippen LogP contribution is 2.31. The van der Waals surface area contributed by atoms with E-state index in [2.05, 4.69) is 5.32 Å². The van der Waals surface area contributed by atoms with Crippen LogP contribution in [0.5, 0.6) is 0 Å². The molecule has 0 spiro atoms. The van der Waals surface area contributed by atoms with Gasteiger partial charge in [0.15, 0.2) is 15.1 Å². The molecule has 0 radical (unpaired) electrons. The van der Waals surface area contributed by atoms with Crippen molar-refractivity contribution in [3.05, 3.63) is 64.9 Å². The van der Waals surface area contributed by atoms with Crippen LogP contribution in [0.3, 0.4) is 0 Å². The third kappa shape index (κ3) is 3.75. The average molecular weight is 397 g/mol. The lowest BCUT2D eigenvalue weighted by atomic mass is 10.1. The fourth-order valence-electron chi connectivity index (χ4n) is 3.31. The predicted octanol–water partition coefficient (Wildman–Crippen LogP) is 2.60. The number of sulfone groups is 1. The number of primary amides is 1. The summed E-state index contributed by atoms with van der Waals surface area (Å²) >= 11 is 5.80. The lowest BCUT2D eigenvalue weighted by Crippen LogP contribution is -2.49. The van der Waals surface area contributed by atoms with Crippen LogP contribution in [0.25, 0.3) is 0 Å². The van der Waals surface area contributed by atoms with Crippen LogP contribution >= 0.6 is 11.6 Å². The van der Waals surface area contributed by atoms with Crippen molar-refractivity contribution in [2.24, 2.45) is 5.73 Å². The maximum atomic E-state index is 13.1. The first-order valence-electron chi connectivity index (χ1n) is 8.09. The standard InChI is InChI=1S/C18H18ClFN2O3S/c19-12-3-7-14(8-4-12)26(24,25)17(18(21)23)16-10-9-15(22-16)11-1-5-13(20)6-2-11/h1-8,15-17,22H,9-10H2,(H2,21,23). The topological polar surface area (TPSA) is 89.3 Å². The van der Waals surface area contributed by atoms with Crippen molar-refractivity contribution >= 4 is 27.3 Å². The smallest absolute Gasteiger partial charge is 0.237 e. The summed E-state index contributed by atoms with van der Waals surface area (Å²) < 4.78 is 38.9. The fourth-order valence-corrected chi connectivity index (χ4v) is 5.19. The molecule has 138 valence electrons. The lowest BCUT2D eigenvalue weighted by molar-refractivity contribution is -0.118. The second-order valence-corrected chi connectivity index (χ2v) is 8.78. The van der Waals surface area contributed by atoms with Crippen molar-refractivity contribution in [3.8, 4) is 0 Å². The minimum Gasteiger partial charge on any atom is -0.368 e. The van der Waals surface area contributed by atoms with Gasteiger partial charge in [0.25, 0.3) is 0 Å². The maximum Gasteiger partial charge on any atom is 0.237 e. The number of carbonyl (C=O) groups is 1. The maximum absolute atomic E-state index is 13.1. The highest BCUT2D eigenvalue weighted by molar-refractivity contribution is 7.92. The first-order valence-corrected chi connectivity index (χ1v) is 10.0. The summed E-state index contributed by atoms with van der Waals surface area (Å²) in [6, 6.07) is 10.8. The molecule has 0 aromatic heterocycles. The van der Waals surface area contributed by atoms with Crippen molar-refractivity contribution in [1.29, 1.82) is 0 Å². The minimum absolute atomic E-state index is 0.00210. The van der Waals surface area contributed by atoms with E-state index in [4.69, 9.17) is 17.3 Å². The normalized spacial score (nSPS) is 21.5. The van der Waals surface area contributed by atoms with Crippen molar-refractivity contribution in [2.75, 3.05) is 0 Å². The zero-order valence-corrected chi connectivity index (χ0v) is 15.3. The first kappa shape index (κ1) is 18.8. The fraction of sp³-hybridized carbons (Fsp3) is 0.278. The summed E-state index contributed by atoms with van der Waals surface area (Å²) in [5.41, 5.74) is 6.27.